The van der Waals surface area contributed by atoms with Crippen LogP contribution < -0.4 is 52.3 Å². The number of piperidine rings is 2. The summed E-state index contributed by atoms with van der Waals surface area (Å²) in [4.78, 5) is 88.2. The summed E-state index contributed by atoms with van der Waals surface area (Å²) in [6, 6.07) is 16.1. The first-order valence-electron chi connectivity index (χ1n) is 23.6. The van der Waals surface area contributed by atoms with Crippen molar-refractivity contribution >= 4 is 97.3 Å². The molecule has 4 unspecified atom stereocenters. The summed E-state index contributed by atoms with van der Waals surface area (Å²) in [5.74, 6) is -1.31. The molecule has 0 saturated carbocycles. The normalized spacial score (nSPS) is 17.2. The van der Waals surface area contributed by atoms with Gasteiger partial charge in [0.15, 0.2) is 23.0 Å². The highest BCUT2D eigenvalue weighted by Crippen LogP contribution is 2.31. The van der Waals surface area contributed by atoms with Crippen LogP contribution in [0.5, 0.6) is 0 Å². The van der Waals surface area contributed by atoms with E-state index in [0.29, 0.717) is 65.1 Å². The fourth-order valence-electron chi connectivity index (χ4n) is 8.53. The highest BCUT2D eigenvalue weighted by Gasteiger charge is 2.40. The second-order valence-corrected chi connectivity index (χ2v) is 19.5. The van der Waals surface area contributed by atoms with E-state index < -0.39 is 35.9 Å². The van der Waals surface area contributed by atoms with Gasteiger partial charge in [-0.05, 0) is 123 Å². The van der Waals surface area contributed by atoms with E-state index in [1.165, 1.54) is 42.6 Å². The fraction of sp³-hybridized carbons (Fsp3) is 0.367. The van der Waals surface area contributed by atoms with Crippen LogP contribution in [0.15, 0.2) is 73.1 Å². The molecule has 4 aromatic heterocycles. The van der Waals surface area contributed by atoms with Crippen molar-refractivity contribution < 1.29 is 33.8 Å². The first kappa shape index (κ1) is 53.8. The number of nitrogens with one attached hydrogen (secondary N) is 4. The Hall–Kier alpha value is -8.03. The van der Waals surface area contributed by atoms with Crippen molar-refractivity contribution in [3.05, 3.63) is 107 Å². The summed E-state index contributed by atoms with van der Waals surface area (Å²) in [7, 11) is 9.02. The predicted octanol–water partition coefficient (Wildman–Crippen LogP) is 4.00. The molecule has 6 aromatic rings. The molecule has 0 bridgehead atoms. The number of aryl methyl sites for hydroxylation is 2. The molecule has 0 spiro atoms. The van der Waals surface area contributed by atoms with Gasteiger partial charge in [0.05, 0.1) is 55.6 Å². The number of nitrogens with zero attached hydrogens (tertiary/aromatic N) is 10. The zero-order valence-electron chi connectivity index (χ0n) is 42.0. The molecule has 0 aliphatic carbocycles. The zero-order chi connectivity index (χ0) is 53.2. The quantitative estimate of drug-likeness (QED) is 0.0674. The van der Waals surface area contributed by atoms with Gasteiger partial charge in [0.2, 0.25) is 0 Å². The second kappa shape index (κ2) is 24.1. The molecular formula is C49H60N16O7S2. The van der Waals surface area contributed by atoms with Crippen molar-refractivity contribution in [2.24, 2.45) is 11.5 Å². The Bertz CT molecular complexity index is 2950. The average molecular weight is 1050 g/mol. The summed E-state index contributed by atoms with van der Waals surface area (Å²) in [6.07, 6.45) is 5.58. The molecule has 74 heavy (non-hydrogen) atoms. The number of aromatic nitrogens is 6. The van der Waals surface area contributed by atoms with Crippen LogP contribution in [-0.4, -0.2) is 143 Å². The molecule has 2 aromatic carbocycles. The monoisotopic (exact) mass is 1050 g/mol. The van der Waals surface area contributed by atoms with Crippen LogP contribution in [0, 0.1) is 13.8 Å². The van der Waals surface area contributed by atoms with Crippen molar-refractivity contribution in [1.82, 2.24) is 39.3 Å². The number of carbonyl (C=O) groups excluding carboxylic acids is 5. The van der Waals surface area contributed by atoms with Crippen LogP contribution >= 0.6 is 23.1 Å². The standard InChI is InChI=1S/C25H30N8O4S.C24H30N8O3S/c1-14-12-19(38-31-14)30-23-20(22(26)34)27-13-18(29-23)33-11-5-6-17(21(33)25(36)37-4)28-24(35)15-7-9-16(10-8-15)32(2)3;1-14-11-20(36-30-14)29-23-21(22(25)34)26-12-19(28-23)32-10-4-5-17(18(32)13-33)27-24(35)15-6-8-16(9-7-15)31(2)3/h7-10,12-13,17,21H,5-6,11H2,1-4H3,(H2,26,34)(H,28,35)(H,29,30);6-9,11-12,17-18,33H,4-5,10,13H2,1-3H3,(H2,25,34)(H,27,35)(H,28,29). The van der Waals surface area contributed by atoms with E-state index in [2.05, 4.69) is 50.0 Å². The molecule has 390 valence electrons. The number of aliphatic hydroxyl groups excluding tert-OH is 1. The van der Waals surface area contributed by atoms with Gasteiger partial charge in [0.25, 0.3) is 23.6 Å². The lowest BCUT2D eigenvalue weighted by Gasteiger charge is -2.41. The van der Waals surface area contributed by atoms with Crippen molar-refractivity contribution in [2.75, 3.05) is 85.2 Å². The molecule has 6 heterocycles. The Kier molecular flexibility index (Phi) is 17.5. The van der Waals surface area contributed by atoms with Crippen LogP contribution in [0.1, 0.15) is 78.8 Å². The Morgan fingerprint density at radius 1 is 0.689 bits per heavy atom. The van der Waals surface area contributed by atoms with Gasteiger partial charge in [-0.3, -0.25) is 19.2 Å². The zero-order valence-corrected chi connectivity index (χ0v) is 43.7. The maximum absolute atomic E-state index is 13.1. The fourth-order valence-corrected chi connectivity index (χ4v) is 9.85. The van der Waals surface area contributed by atoms with Gasteiger partial charge in [-0.25, -0.2) is 24.7 Å². The van der Waals surface area contributed by atoms with Crippen molar-refractivity contribution in [1.29, 1.82) is 0 Å². The minimum Gasteiger partial charge on any atom is -0.467 e. The molecule has 8 rings (SSSR count). The van der Waals surface area contributed by atoms with E-state index >= 15 is 0 Å². The van der Waals surface area contributed by atoms with Crippen molar-refractivity contribution in [2.45, 2.75) is 63.7 Å². The molecule has 2 saturated heterocycles. The van der Waals surface area contributed by atoms with E-state index in [9.17, 15) is 29.1 Å². The average Bonchev–Trinajstić information content (AvgIpc) is 4.01. The molecule has 4 atom stereocenters. The third kappa shape index (κ3) is 12.9. The van der Waals surface area contributed by atoms with E-state index in [1.807, 2.05) is 87.1 Å². The third-order valence-electron chi connectivity index (χ3n) is 12.3. The summed E-state index contributed by atoms with van der Waals surface area (Å²) < 4.78 is 13.6. The molecule has 2 aliphatic heterocycles. The molecular weight excluding hydrogens is 989 g/mol. The number of methoxy groups -OCH3 is 1. The lowest BCUT2D eigenvalue weighted by molar-refractivity contribution is -0.143. The van der Waals surface area contributed by atoms with Crippen molar-refractivity contribution in [3.63, 3.8) is 0 Å². The maximum atomic E-state index is 13.1. The molecule has 2 aliphatic rings. The van der Waals surface area contributed by atoms with Crippen LogP contribution in [0.25, 0.3) is 0 Å². The number of anilines is 8. The minimum atomic E-state index is -0.856. The minimum absolute atomic E-state index is 0.00776. The van der Waals surface area contributed by atoms with Gasteiger partial charge in [0.1, 0.15) is 27.7 Å². The lowest BCUT2D eigenvalue weighted by Crippen LogP contribution is -2.59. The van der Waals surface area contributed by atoms with Crippen LogP contribution in [-0.2, 0) is 9.53 Å². The van der Waals surface area contributed by atoms with Crippen LogP contribution in [0.3, 0.4) is 0 Å². The Labute approximate surface area is 436 Å². The van der Waals surface area contributed by atoms with Gasteiger partial charge in [-0.2, -0.15) is 8.75 Å². The molecule has 23 nitrogen and oxygen atoms in total. The Morgan fingerprint density at radius 2 is 1.12 bits per heavy atom. The maximum Gasteiger partial charge on any atom is 0.330 e. The van der Waals surface area contributed by atoms with Crippen LogP contribution in [0.2, 0.25) is 0 Å². The number of ether oxygens (including phenoxy) is 1. The largest absolute Gasteiger partial charge is 0.467 e. The molecule has 25 heteroatoms. The number of hydrogen-bond acceptors (Lipinski definition) is 21. The highest BCUT2D eigenvalue weighted by molar-refractivity contribution is 7.10. The number of carbonyl (C=O) groups is 5. The number of nitrogens with two attached hydrogens (primary N) is 2. The smallest absolute Gasteiger partial charge is 0.330 e. The molecule has 2 fully saturated rings. The predicted molar refractivity (Wildman–Crippen MR) is 285 cm³/mol. The number of benzene rings is 2. The molecule has 9 N–H and O–H groups in total. The number of esters is 1. The number of primary amides is 2. The first-order valence-corrected chi connectivity index (χ1v) is 25.1. The van der Waals surface area contributed by atoms with E-state index in [0.717, 1.165) is 29.2 Å². The summed E-state index contributed by atoms with van der Waals surface area (Å²) in [6.45, 7) is 4.59. The van der Waals surface area contributed by atoms with Crippen LogP contribution in [0.4, 0.5) is 44.6 Å². The van der Waals surface area contributed by atoms with E-state index in [1.54, 1.807) is 35.2 Å². The summed E-state index contributed by atoms with van der Waals surface area (Å²) in [5, 5.41) is 23.8. The Morgan fingerprint density at radius 3 is 1.53 bits per heavy atom. The second-order valence-electron chi connectivity index (χ2n) is 17.9. The van der Waals surface area contributed by atoms with Gasteiger partial charge >= 0.3 is 5.97 Å². The number of aliphatic hydroxyl groups is 1. The topological polar surface area (TPSA) is 305 Å². The Balaban J connectivity index is 0.000000217. The molecule has 4 amide bonds. The van der Waals surface area contributed by atoms with Gasteiger partial charge in [0, 0.05) is 63.8 Å². The lowest BCUT2D eigenvalue weighted by atomic mass is 9.95. The first-order chi connectivity index (χ1) is 35.4. The van der Waals surface area contributed by atoms with Gasteiger partial charge in [-0.1, -0.05) is 0 Å². The SMILES string of the molecule is COC(=O)C1C(NC(=O)c2ccc(N(C)C)cc2)CCCN1c1cnc(C(N)=O)c(Nc2cc(C)ns2)n1.Cc1cc(Nc2nc(N3CCCC(NC(=O)c4ccc(N(C)C)cc4)C3CO)cnc2C(N)=O)sn1. The molecule has 0 radical (unpaired) electrons. The van der Waals surface area contributed by atoms with Crippen molar-refractivity contribution in [3.8, 4) is 0 Å². The summed E-state index contributed by atoms with van der Waals surface area (Å²) in [5.41, 5.74) is 15.6. The van der Waals surface area contributed by atoms with Gasteiger partial charge in [-0.15, -0.1) is 0 Å². The van der Waals surface area contributed by atoms with E-state index in [4.69, 9.17) is 16.2 Å². The number of rotatable bonds is 16. The van der Waals surface area contributed by atoms with E-state index in [-0.39, 0.29) is 47.5 Å². The third-order valence-corrected chi connectivity index (χ3v) is 13.9. The number of amides is 4. The highest BCUT2D eigenvalue weighted by atomic mass is 32.1. The van der Waals surface area contributed by atoms with Gasteiger partial charge < -0.3 is 62.2 Å². The summed E-state index contributed by atoms with van der Waals surface area (Å²) >= 11 is 2.44. The number of hydrogen-bond donors (Lipinski definition) is 7.